The lowest BCUT2D eigenvalue weighted by atomic mass is 10.1. The van der Waals surface area contributed by atoms with E-state index in [-0.39, 0.29) is 0 Å². The van der Waals surface area contributed by atoms with E-state index in [1.54, 1.807) is 6.33 Å². The number of ether oxygens (including phenoxy) is 1. The van der Waals surface area contributed by atoms with E-state index in [1.807, 2.05) is 42.7 Å². The minimum atomic E-state index is -0.523. The molecule has 0 saturated heterocycles. The van der Waals surface area contributed by atoms with E-state index in [4.69, 9.17) is 4.74 Å². The van der Waals surface area contributed by atoms with Crippen molar-refractivity contribution >= 4 is 17.5 Å². The fourth-order valence-corrected chi connectivity index (χ4v) is 1.71. The van der Waals surface area contributed by atoms with Crippen LogP contribution in [0.4, 0.5) is 0 Å². The summed E-state index contributed by atoms with van der Waals surface area (Å²) in [5, 5.41) is 0. The first-order valence-corrected chi connectivity index (χ1v) is 5.14. The largest absolute Gasteiger partial charge is 0.460 e. The van der Waals surface area contributed by atoms with E-state index >= 15 is 0 Å². The van der Waals surface area contributed by atoms with Gasteiger partial charge in [-0.2, -0.15) is 0 Å². The van der Waals surface area contributed by atoms with Crippen LogP contribution in [0.2, 0.25) is 0 Å². The molecule has 0 aliphatic heterocycles. The Morgan fingerprint density at radius 2 is 2.19 bits per heavy atom. The predicted octanol–water partition coefficient (Wildman–Crippen LogP) is 1.99. The number of fused-ring (bicyclic) bond motifs is 1. The Morgan fingerprint density at radius 1 is 1.44 bits per heavy atom. The highest BCUT2D eigenvalue weighted by atomic mass is 16.5. The average Bonchev–Trinajstić information content (AvgIpc) is 2.61. The number of rotatable bonds is 4. The Balaban J connectivity index is 2.31. The van der Waals surface area contributed by atoms with E-state index < -0.39 is 5.60 Å². The number of imidazole rings is 1. The van der Waals surface area contributed by atoms with Crippen LogP contribution >= 0.6 is 0 Å². The number of benzene rings is 1. The Hall–Kier alpha value is -1.84. The first kappa shape index (κ1) is 10.7. The third-order valence-electron chi connectivity index (χ3n) is 2.45. The summed E-state index contributed by atoms with van der Waals surface area (Å²) in [5.41, 5.74) is 1.47. The molecule has 1 aromatic heterocycles. The molecular weight excluding hydrogens is 204 g/mol. The number of nitrogens with zero attached hydrogens (tertiary/aromatic N) is 2. The quantitative estimate of drug-likeness (QED) is 0.737. The molecule has 0 spiro atoms. The van der Waals surface area contributed by atoms with Gasteiger partial charge in [0, 0.05) is 0 Å². The summed E-state index contributed by atoms with van der Waals surface area (Å²) in [6.07, 6.45) is 1.76. The second-order valence-electron chi connectivity index (χ2n) is 4.33. The number of aromatic nitrogens is 2. The standard InChI is InChI=1S/C12H14N2O2/c1-12(2,16-9-15)7-14-8-13-10-5-3-4-6-11(10)14/h3-6,8-9H,7H2,1-2H3. The highest BCUT2D eigenvalue weighted by Crippen LogP contribution is 2.17. The van der Waals surface area contributed by atoms with Crippen LogP contribution in [0.5, 0.6) is 0 Å². The molecule has 0 fully saturated rings. The highest BCUT2D eigenvalue weighted by molar-refractivity contribution is 5.74. The monoisotopic (exact) mass is 218 g/mol. The van der Waals surface area contributed by atoms with Crippen molar-refractivity contribution in [3.05, 3.63) is 30.6 Å². The molecule has 4 nitrogen and oxygen atoms in total. The van der Waals surface area contributed by atoms with Gasteiger partial charge in [-0.15, -0.1) is 0 Å². The molecule has 0 unspecified atom stereocenters. The Bertz CT molecular complexity index is 502. The summed E-state index contributed by atoms with van der Waals surface area (Å²) in [6.45, 7) is 4.82. The van der Waals surface area contributed by atoms with Gasteiger partial charge in [0.05, 0.1) is 23.9 Å². The van der Waals surface area contributed by atoms with Crippen molar-refractivity contribution < 1.29 is 9.53 Å². The molecule has 4 heteroatoms. The molecule has 0 aliphatic carbocycles. The normalized spacial score (nSPS) is 11.6. The molecule has 2 aromatic rings. The zero-order valence-corrected chi connectivity index (χ0v) is 9.38. The molecule has 0 aliphatic rings. The molecular formula is C12H14N2O2. The van der Waals surface area contributed by atoms with Crippen LogP contribution in [-0.2, 0) is 16.1 Å². The van der Waals surface area contributed by atoms with Crippen molar-refractivity contribution in [2.45, 2.75) is 26.0 Å². The van der Waals surface area contributed by atoms with Crippen molar-refractivity contribution in [1.29, 1.82) is 0 Å². The summed E-state index contributed by atoms with van der Waals surface area (Å²) in [7, 11) is 0. The number of para-hydroxylation sites is 2. The van der Waals surface area contributed by atoms with Gasteiger partial charge in [0.25, 0.3) is 6.47 Å². The Kier molecular flexibility index (Phi) is 2.64. The van der Waals surface area contributed by atoms with Crippen molar-refractivity contribution in [1.82, 2.24) is 9.55 Å². The Morgan fingerprint density at radius 3 is 2.94 bits per heavy atom. The van der Waals surface area contributed by atoms with Gasteiger partial charge in [0.1, 0.15) is 5.60 Å². The van der Waals surface area contributed by atoms with Gasteiger partial charge in [0.2, 0.25) is 0 Å². The van der Waals surface area contributed by atoms with Gasteiger partial charge < -0.3 is 9.30 Å². The van der Waals surface area contributed by atoms with Crippen LogP contribution in [0, 0.1) is 0 Å². The molecule has 0 bridgehead atoms. The van der Waals surface area contributed by atoms with Crippen molar-refractivity contribution in [3.8, 4) is 0 Å². The fraction of sp³-hybridized carbons (Fsp3) is 0.333. The maximum atomic E-state index is 10.4. The number of carbonyl (C=O) groups is 1. The lowest BCUT2D eigenvalue weighted by Crippen LogP contribution is -2.29. The lowest BCUT2D eigenvalue weighted by molar-refractivity contribution is -0.141. The zero-order valence-electron chi connectivity index (χ0n) is 9.38. The van der Waals surface area contributed by atoms with Gasteiger partial charge in [-0.25, -0.2) is 4.98 Å². The van der Waals surface area contributed by atoms with Crippen LogP contribution in [-0.4, -0.2) is 21.6 Å². The van der Waals surface area contributed by atoms with Gasteiger partial charge in [-0.1, -0.05) is 12.1 Å². The predicted molar refractivity (Wildman–Crippen MR) is 61.0 cm³/mol. The second-order valence-corrected chi connectivity index (χ2v) is 4.33. The molecule has 16 heavy (non-hydrogen) atoms. The smallest absolute Gasteiger partial charge is 0.293 e. The third-order valence-corrected chi connectivity index (χ3v) is 2.45. The summed E-state index contributed by atoms with van der Waals surface area (Å²) in [6, 6.07) is 7.87. The molecule has 1 heterocycles. The van der Waals surface area contributed by atoms with Crippen LogP contribution < -0.4 is 0 Å². The fourth-order valence-electron chi connectivity index (χ4n) is 1.71. The van der Waals surface area contributed by atoms with Crippen LogP contribution in [0.15, 0.2) is 30.6 Å². The molecule has 0 radical (unpaired) electrons. The van der Waals surface area contributed by atoms with E-state index in [1.165, 1.54) is 0 Å². The van der Waals surface area contributed by atoms with Gasteiger partial charge in [0.15, 0.2) is 0 Å². The van der Waals surface area contributed by atoms with Gasteiger partial charge in [-0.3, -0.25) is 4.79 Å². The molecule has 1 aromatic carbocycles. The minimum Gasteiger partial charge on any atom is -0.460 e. The molecule has 0 saturated carbocycles. The minimum absolute atomic E-state index is 0.485. The maximum Gasteiger partial charge on any atom is 0.293 e. The van der Waals surface area contributed by atoms with E-state index in [2.05, 4.69) is 4.98 Å². The van der Waals surface area contributed by atoms with Crippen molar-refractivity contribution in [2.24, 2.45) is 0 Å². The van der Waals surface area contributed by atoms with Crippen molar-refractivity contribution in [3.63, 3.8) is 0 Å². The molecule has 0 atom stereocenters. The van der Waals surface area contributed by atoms with Gasteiger partial charge in [-0.05, 0) is 26.0 Å². The number of hydrogen-bond acceptors (Lipinski definition) is 3. The van der Waals surface area contributed by atoms with Gasteiger partial charge >= 0.3 is 0 Å². The van der Waals surface area contributed by atoms with E-state index in [0.29, 0.717) is 13.0 Å². The maximum absolute atomic E-state index is 10.4. The molecule has 0 amide bonds. The third kappa shape index (κ3) is 2.05. The average molecular weight is 218 g/mol. The first-order chi connectivity index (χ1) is 7.62. The van der Waals surface area contributed by atoms with E-state index in [9.17, 15) is 4.79 Å². The SMILES string of the molecule is CC(C)(Cn1cnc2ccccc21)OC=O. The highest BCUT2D eigenvalue weighted by Gasteiger charge is 2.20. The van der Waals surface area contributed by atoms with E-state index in [0.717, 1.165) is 11.0 Å². The Labute approximate surface area is 93.9 Å². The van der Waals surface area contributed by atoms with Crippen LogP contribution in [0.1, 0.15) is 13.8 Å². The summed E-state index contributed by atoms with van der Waals surface area (Å²) in [4.78, 5) is 14.6. The number of carbonyl (C=O) groups excluding carboxylic acids is 1. The summed E-state index contributed by atoms with van der Waals surface area (Å²) < 4.78 is 7.01. The second kappa shape index (κ2) is 3.96. The molecule has 0 N–H and O–H groups in total. The zero-order chi connectivity index (χ0) is 11.6. The van der Waals surface area contributed by atoms with Crippen molar-refractivity contribution in [2.75, 3.05) is 0 Å². The molecule has 2 rings (SSSR count). The topological polar surface area (TPSA) is 44.1 Å². The lowest BCUT2D eigenvalue weighted by Gasteiger charge is -2.23. The van der Waals surface area contributed by atoms with Crippen LogP contribution in [0.3, 0.4) is 0 Å². The first-order valence-electron chi connectivity index (χ1n) is 5.14. The summed E-state index contributed by atoms with van der Waals surface area (Å²) >= 11 is 0. The summed E-state index contributed by atoms with van der Waals surface area (Å²) in [5.74, 6) is 0. The molecule has 84 valence electrons. The van der Waals surface area contributed by atoms with Crippen LogP contribution in [0.25, 0.3) is 11.0 Å². The number of hydrogen-bond donors (Lipinski definition) is 0.